The molecule has 1 aliphatic carbocycles. The van der Waals surface area contributed by atoms with Gasteiger partial charge in [-0.25, -0.2) is 0 Å². The number of amidine groups is 1. The van der Waals surface area contributed by atoms with Crippen LogP contribution in [0.15, 0.2) is 4.99 Å². The Bertz CT molecular complexity index is 262. The van der Waals surface area contributed by atoms with Gasteiger partial charge in [-0.1, -0.05) is 18.7 Å². The molecule has 0 atom stereocenters. The third kappa shape index (κ3) is 1.46. The maximum atomic E-state index is 5.86. The molecule has 80 valence electrons. The molecule has 0 aromatic heterocycles. The SMILES string of the molecule is CC1CCC2(CC1)SC(N)=NC2(C)C. The summed E-state index contributed by atoms with van der Waals surface area (Å²) in [4.78, 5) is 4.58. The van der Waals surface area contributed by atoms with Crippen molar-refractivity contribution < 1.29 is 0 Å². The topological polar surface area (TPSA) is 38.4 Å². The molecule has 1 aliphatic heterocycles. The summed E-state index contributed by atoms with van der Waals surface area (Å²) in [6.45, 7) is 6.81. The van der Waals surface area contributed by atoms with Gasteiger partial charge < -0.3 is 5.73 Å². The first-order valence-electron chi connectivity index (χ1n) is 5.50. The van der Waals surface area contributed by atoms with E-state index in [1.807, 2.05) is 11.8 Å². The summed E-state index contributed by atoms with van der Waals surface area (Å²) in [5.74, 6) is 0.888. The first-order chi connectivity index (χ1) is 6.45. The second kappa shape index (κ2) is 3.16. The van der Waals surface area contributed by atoms with Gasteiger partial charge in [-0.15, -0.1) is 0 Å². The normalized spacial score (nSPS) is 41.4. The number of hydrogen-bond acceptors (Lipinski definition) is 3. The molecule has 1 fully saturated rings. The molecule has 0 aromatic carbocycles. The van der Waals surface area contributed by atoms with E-state index in [0.29, 0.717) is 4.75 Å². The van der Waals surface area contributed by atoms with Crippen LogP contribution in [-0.2, 0) is 0 Å². The molecule has 2 rings (SSSR count). The van der Waals surface area contributed by atoms with E-state index in [1.54, 1.807) is 0 Å². The van der Waals surface area contributed by atoms with E-state index in [9.17, 15) is 0 Å². The number of rotatable bonds is 0. The molecule has 1 heterocycles. The highest BCUT2D eigenvalue weighted by atomic mass is 32.2. The van der Waals surface area contributed by atoms with Crippen molar-refractivity contribution in [3.8, 4) is 0 Å². The van der Waals surface area contributed by atoms with Gasteiger partial charge in [0.25, 0.3) is 0 Å². The summed E-state index contributed by atoms with van der Waals surface area (Å²) in [6.07, 6.45) is 5.21. The van der Waals surface area contributed by atoms with Crippen molar-refractivity contribution in [2.75, 3.05) is 0 Å². The highest BCUT2D eigenvalue weighted by Crippen LogP contribution is 2.53. The first kappa shape index (κ1) is 10.3. The highest BCUT2D eigenvalue weighted by Gasteiger charge is 2.51. The number of nitrogens with two attached hydrogens (primary N) is 1. The fourth-order valence-corrected chi connectivity index (χ4v) is 4.08. The minimum absolute atomic E-state index is 0.0435. The maximum Gasteiger partial charge on any atom is 0.155 e. The van der Waals surface area contributed by atoms with Gasteiger partial charge in [-0.3, -0.25) is 4.99 Å². The second-order valence-corrected chi connectivity index (χ2v) is 6.69. The van der Waals surface area contributed by atoms with Gasteiger partial charge in [0.05, 0.1) is 5.54 Å². The van der Waals surface area contributed by atoms with Gasteiger partial charge in [-0.2, -0.15) is 0 Å². The molecule has 2 nitrogen and oxygen atoms in total. The van der Waals surface area contributed by atoms with E-state index < -0.39 is 0 Å². The number of thioether (sulfide) groups is 1. The molecule has 0 saturated heterocycles. The van der Waals surface area contributed by atoms with Gasteiger partial charge in [-0.05, 0) is 45.4 Å². The fourth-order valence-electron chi connectivity index (χ4n) is 2.67. The molecule has 0 unspecified atom stereocenters. The molecule has 2 aliphatic rings. The molecule has 3 heteroatoms. The van der Waals surface area contributed by atoms with E-state index in [-0.39, 0.29) is 5.54 Å². The molecular formula is C11H20N2S. The van der Waals surface area contributed by atoms with Crippen molar-refractivity contribution >= 4 is 16.9 Å². The summed E-state index contributed by atoms with van der Waals surface area (Å²) in [5.41, 5.74) is 5.91. The first-order valence-corrected chi connectivity index (χ1v) is 6.31. The largest absolute Gasteiger partial charge is 0.379 e. The van der Waals surface area contributed by atoms with Crippen LogP contribution >= 0.6 is 11.8 Å². The van der Waals surface area contributed by atoms with Crippen molar-refractivity contribution in [1.82, 2.24) is 0 Å². The number of hydrogen-bond donors (Lipinski definition) is 1. The minimum Gasteiger partial charge on any atom is -0.379 e. The number of aliphatic imine (C=N–C) groups is 1. The van der Waals surface area contributed by atoms with Crippen molar-refractivity contribution in [2.45, 2.75) is 56.7 Å². The van der Waals surface area contributed by atoms with Crippen molar-refractivity contribution in [1.29, 1.82) is 0 Å². The van der Waals surface area contributed by atoms with E-state index in [2.05, 4.69) is 25.8 Å². The Morgan fingerprint density at radius 2 is 1.93 bits per heavy atom. The Morgan fingerprint density at radius 1 is 1.36 bits per heavy atom. The zero-order valence-corrected chi connectivity index (χ0v) is 10.2. The Hall–Kier alpha value is -0.180. The van der Waals surface area contributed by atoms with Crippen LogP contribution in [0.4, 0.5) is 0 Å². The van der Waals surface area contributed by atoms with Crippen LogP contribution in [0.1, 0.15) is 46.5 Å². The molecule has 2 N–H and O–H groups in total. The Kier molecular flexibility index (Phi) is 2.33. The molecule has 0 aromatic rings. The Labute approximate surface area is 90.7 Å². The van der Waals surface area contributed by atoms with Crippen LogP contribution in [0.25, 0.3) is 0 Å². The summed E-state index contributed by atoms with van der Waals surface area (Å²) in [6, 6.07) is 0. The monoisotopic (exact) mass is 212 g/mol. The van der Waals surface area contributed by atoms with Crippen molar-refractivity contribution in [2.24, 2.45) is 16.6 Å². The molecule has 14 heavy (non-hydrogen) atoms. The smallest absolute Gasteiger partial charge is 0.155 e. The molecule has 0 amide bonds. The van der Waals surface area contributed by atoms with E-state index in [0.717, 1.165) is 11.1 Å². The predicted octanol–water partition coefficient (Wildman–Crippen LogP) is 2.78. The van der Waals surface area contributed by atoms with Crippen molar-refractivity contribution in [3.05, 3.63) is 0 Å². The van der Waals surface area contributed by atoms with Gasteiger partial charge in [0, 0.05) is 4.75 Å². The van der Waals surface area contributed by atoms with Crippen LogP contribution in [0.3, 0.4) is 0 Å². The van der Waals surface area contributed by atoms with Crippen LogP contribution in [0, 0.1) is 5.92 Å². The van der Waals surface area contributed by atoms with Crippen LogP contribution in [-0.4, -0.2) is 15.5 Å². The Balaban J connectivity index is 2.18. The number of nitrogens with zero attached hydrogens (tertiary/aromatic N) is 1. The fraction of sp³-hybridized carbons (Fsp3) is 0.909. The van der Waals surface area contributed by atoms with Crippen LogP contribution in [0.2, 0.25) is 0 Å². The summed E-state index contributed by atoms with van der Waals surface area (Å²) in [5, 5.41) is 0.796. The third-order valence-electron chi connectivity index (χ3n) is 3.89. The van der Waals surface area contributed by atoms with Gasteiger partial charge >= 0.3 is 0 Å². The van der Waals surface area contributed by atoms with Crippen molar-refractivity contribution in [3.63, 3.8) is 0 Å². The van der Waals surface area contributed by atoms with E-state index >= 15 is 0 Å². The highest BCUT2D eigenvalue weighted by molar-refractivity contribution is 8.15. The second-order valence-electron chi connectivity index (χ2n) is 5.29. The maximum absolute atomic E-state index is 5.86. The minimum atomic E-state index is 0.0435. The van der Waals surface area contributed by atoms with E-state index in [1.165, 1.54) is 25.7 Å². The zero-order chi connectivity index (χ0) is 10.4. The molecule has 1 saturated carbocycles. The summed E-state index contributed by atoms with van der Waals surface area (Å²) >= 11 is 1.83. The lowest BCUT2D eigenvalue weighted by Crippen LogP contribution is -2.45. The summed E-state index contributed by atoms with van der Waals surface area (Å²) < 4.78 is 0.309. The zero-order valence-electron chi connectivity index (χ0n) is 9.34. The van der Waals surface area contributed by atoms with Gasteiger partial charge in [0.2, 0.25) is 0 Å². The lowest BCUT2D eigenvalue weighted by atomic mass is 9.73. The van der Waals surface area contributed by atoms with E-state index in [4.69, 9.17) is 5.73 Å². The van der Waals surface area contributed by atoms with Crippen LogP contribution in [0.5, 0.6) is 0 Å². The predicted molar refractivity (Wildman–Crippen MR) is 63.7 cm³/mol. The van der Waals surface area contributed by atoms with Gasteiger partial charge in [0.1, 0.15) is 0 Å². The lowest BCUT2D eigenvalue weighted by Gasteiger charge is -2.43. The average molecular weight is 212 g/mol. The lowest BCUT2D eigenvalue weighted by molar-refractivity contribution is 0.246. The molecule has 0 bridgehead atoms. The molecule has 1 spiro atoms. The average Bonchev–Trinajstić information content (AvgIpc) is 2.28. The Morgan fingerprint density at radius 3 is 2.36 bits per heavy atom. The standard InChI is InChI=1S/C11H20N2S/c1-8-4-6-11(7-5-8)10(2,3)13-9(12)14-11/h8H,4-7H2,1-3H3,(H2,12,13). The third-order valence-corrected chi connectivity index (χ3v) is 5.49. The van der Waals surface area contributed by atoms with Crippen LogP contribution < -0.4 is 5.73 Å². The summed E-state index contributed by atoms with van der Waals surface area (Å²) in [7, 11) is 0. The quantitative estimate of drug-likeness (QED) is 0.670. The molecule has 0 radical (unpaired) electrons. The van der Waals surface area contributed by atoms with Gasteiger partial charge in [0.15, 0.2) is 5.17 Å². The molecular weight excluding hydrogens is 192 g/mol.